The molecule has 1 rings (SSSR count). The monoisotopic (exact) mass is 286 g/mol. The van der Waals surface area contributed by atoms with Gasteiger partial charge in [0.05, 0.1) is 0 Å². The Kier molecular flexibility index (Phi) is 3.97. The molecule has 0 amide bonds. The van der Waals surface area contributed by atoms with Gasteiger partial charge in [0.1, 0.15) is 6.61 Å². The van der Waals surface area contributed by atoms with Gasteiger partial charge in [-0.05, 0) is 28.7 Å². The predicted octanol–water partition coefficient (Wildman–Crippen LogP) is 3.94. The SMILES string of the molecule is CC(C)(C)c1cc(Br)ccc1COC(=O)O. The average molecular weight is 287 g/mol. The van der Waals surface area contributed by atoms with E-state index in [1.165, 1.54) is 0 Å². The topological polar surface area (TPSA) is 46.5 Å². The zero-order valence-corrected chi connectivity index (χ0v) is 11.2. The summed E-state index contributed by atoms with van der Waals surface area (Å²) >= 11 is 3.41. The summed E-state index contributed by atoms with van der Waals surface area (Å²) in [5, 5.41) is 8.49. The maximum atomic E-state index is 10.4. The van der Waals surface area contributed by atoms with Crippen LogP contribution in [-0.4, -0.2) is 11.3 Å². The summed E-state index contributed by atoms with van der Waals surface area (Å²) in [6.45, 7) is 6.34. The predicted molar refractivity (Wildman–Crippen MR) is 65.7 cm³/mol. The number of carboxylic acid groups (broad SMARTS) is 1. The van der Waals surface area contributed by atoms with Crippen LogP contribution in [0.1, 0.15) is 31.9 Å². The van der Waals surface area contributed by atoms with Crippen LogP contribution in [-0.2, 0) is 16.8 Å². The normalized spacial score (nSPS) is 11.2. The second-order valence-corrected chi connectivity index (χ2v) is 5.52. The fraction of sp³-hybridized carbons (Fsp3) is 0.417. The van der Waals surface area contributed by atoms with Crippen molar-refractivity contribution in [3.05, 3.63) is 33.8 Å². The van der Waals surface area contributed by atoms with Gasteiger partial charge in [-0.25, -0.2) is 4.79 Å². The Labute approximate surface area is 104 Å². The third-order valence-electron chi connectivity index (χ3n) is 2.23. The van der Waals surface area contributed by atoms with E-state index < -0.39 is 6.16 Å². The highest BCUT2D eigenvalue weighted by Gasteiger charge is 2.18. The van der Waals surface area contributed by atoms with Crippen LogP contribution in [0.5, 0.6) is 0 Å². The Morgan fingerprint density at radius 1 is 1.44 bits per heavy atom. The fourth-order valence-electron chi connectivity index (χ4n) is 1.51. The summed E-state index contributed by atoms with van der Waals surface area (Å²) in [5.74, 6) is 0. The van der Waals surface area contributed by atoms with E-state index in [0.29, 0.717) is 0 Å². The second-order valence-electron chi connectivity index (χ2n) is 4.61. The molecule has 0 saturated heterocycles. The van der Waals surface area contributed by atoms with Crippen LogP contribution in [0.2, 0.25) is 0 Å². The summed E-state index contributed by atoms with van der Waals surface area (Å²) in [7, 11) is 0. The summed E-state index contributed by atoms with van der Waals surface area (Å²) in [6.07, 6.45) is -1.25. The number of halogens is 1. The number of rotatable bonds is 2. The van der Waals surface area contributed by atoms with E-state index >= 15 is 0 Å². The van der Waals surface area contributed by atoms with Gasteiger partial charge in [0.25, 0.3) is 0 Å². The lowest BCUT2D eigenvalue weighted by Crippen LogP contribution is -2.15. The molecule has 0 radical (unpaired) electrons. The van der Waals surface area contributed by atoms with Crippen molar-refractivity contribution in [1.82, 2.24) is 0 Å². The van der Waals surface area contributed by atoms with Gasteiger partial charge < -0.3 is 9.84 Å². The molecule has 0 saturated carbocycles. The van der Waals surface area contributed by atoms with E-state index in [1.807, 2.05) is 18.2 Å². The first-order valence-electron chi connectivity index (χ1n) is 4.95. The Morgan fingerprint density at radius 2 is 2.06 bits per heavy atom. The van der Waals surface area contributed by atoms with Crippen LogP contribution in [0.15, 0.2) is 22.7 Å². The minimum atomic E-state index is -1.25. The first-order chi connectivity index (χ1) is 7.30. The maximum absolute atomic E-state index is 10.4. The zero-order valence-electron chi connectivity index (χ0n) is 9.58. The van der Waals surface area contributed by atoms with E-state index in [4.69, 9.17) is 5.11 Å². The molecule has 1 N–H and O–H groups in total. The van der Waals surface area contributed by atoms with Gasteiger partial charge in [-0.1, -0.05) is 42.8 Å². The van der Waals surface area contributed by atoms with Gasteiger partial charge >= 0.3 is 6.16 Å². The lowest BCUT2D eigenvalue weighted by molar-refractivity contribution is 0.0849. The molecular weight excluding hydrogens is 272 g/mol. The Morgan fingerprint density at radius 3 is 2.56 bits per heavy atom. The van der Waals surface area contributed by atoms with Crippen LogP contribution in [0.3, 0.4) is 0 Å². The van der Waals surface area contributed by atoms with Gasteiger partial charge in [0.2, 0.25) is 0 Å². The molecule has 0 spiro atoms. The molecule has 4 heteroatoms. The Hall–Kier alpha value is -1.03. The van der Waals surface area contributed by atoms with Gasteiger partial charge in [0.15, 0.2) is 0 Å². The van der Waals surface area contributed by atoms with Crippen LogP contribution in [0.25, 0.3) is 0 Å². The molecule has 0 aliphatic rings. The first kappa shape index (κ1) is 13.0. The minimum absolute atomic E-state index is 0.0407. The van der Waals surface area contributed by atoms with E-state index in [2.05, 4.69) is 41.4 Å². The van der Waals surface area contributed by atoms with E-state index in [1.54, 1.807) is 0 Å². The molecule has 0 aliphatic carbocycles. The third kappa shape index (κ3) is 3.52. The van der Waals surface area contributed by atoms with Crippen molar-refractivity contribution in [2.45, 2.75) is 32.8 Å². The zero-order chi connectivity index (χ0) is 12.3. The lowest BCUT2D eigenvalue weighted by atomic mass is 9.84. The molecule has 0 unspecified atom stereocenters. The Bertz CT molecular complexity index is 394. The van der Waals surface area contributed by atoms with Crippen LogP contribution in [0, 0.1) is 0 Å². The molecule has 16 heavy (non-hydrogen) atoms. The number of benzene rings is 1. The molecule has 0 bridgehead atoms. The van der Waals surface area contributed by atoms with Crippen LogP contribution < -0.4 is 0 Å². The summed E-state index contributed by atoms with van der Waals surface area (Å²) in [6, 6.07) is 5.77. The summed E-state index contributed by atoms with van der Waals surface area (Å²) in [4.78, 5) is 10.4. The van der Waals surface area contributed by atoms with Crippen molar-refractivity contribution in [2.24, 2.45) is 0 Å². The Balaban J connectivity index is 3.03. The van der Waals surface area contributed by atoms with E-state index in [-0.39, 0.29) is 12.0 Å². The molecule has 1 aromatic rings. The molecular formula is C12H15BrO3. The van der Waals surface area contributed by atoms with Gasteiger partial charge in [0, 0.05) is 4.47 Å². The van der Waals surface area contributed by atoms with Crippen molar-refractivity contribution < 1.29 is 14.6 Å². The van der Waals surface area contributed by atoms with Crippen molar-refractivity contribution >= 4 is 22.1 Å². The highest BCUT2D eigenvalue weighted by atomic mass is 79.9. The number of carbonyl (C=O) groups is 1. The second kappa shape index (κ2) is 4.87. The summed E-state index contributed by atoms with van der Waals surface area (Å²) in [5.41, 5.74) is 1.95. The number of ether oxygens (including phenoxy) is 1. The highest BCUT2D eigenvalue weighted by molar-refractivity contribution is 9.10. The average Bonchev–Trinajstić information content (AvgIpc) is 2.14. The molecule has 3 nitrogen and oxygen atoms in total. The quantitative estimate of drug-likeness (QED) is 0.838. The summed E-state index contributed by atoms with van der Waals surface area (Å²) < 4.78 is 5.59. The molecule has 0 heterocycles. The highest BCUT2D eigenvalue weighted by Crippen LogP contribution is 2.29. The first-order valence-corrected chi connectivity index (χ1v) is 5.74. The van der Waals surface area contributed by atoms with Crippen molar-refractivity contribution in [2.75, 3.05) is 0 Å². The molecule has 0 fully saturated rings. The van der Waals surface area contributed by atoms with Crippen LogP contribution in [0.4, 0.5) is 4.79 Å². The van der Waals surface area contributed by atoms with E-state index in [9.17, 15) is 4.79 Å². The fourth-order valence-corrected chi connectivity index (χ4v) is 1.87. The van der Waals surface area contributed by atoms with Crippen molar-refractivity contribution in [3.8, 4) is 0 Å². The maximum Gasteiger partial charge on any atom is 0.506 e. The van der Waals surface area contributed by atoms with E-state index in [0.717, 1.165) is 15.6 Å². The smallest absolute Gasteiger partial charge is 0.450 e. The molecule has 1 aromatic carbocycles. The molecule has 0 aliphatic heterocycles. The molecule has 88 valence electrons. The van der Waals surface area contributed by atoms with Crippen LogP contribution >= 0.6 is 15.9 Å². The lowest BCUT2D eigenvalue weighted by Gasteiger charge is -2.23. The molecule has 0 atom stereocenters. The van der Waals surface area contributed by atoms with Gasteiger partial charge in [-0.2, -0.15) is 0 Å². The van der Waals surface area contributed by atoms with Crippen molar-refractivity contribution in [3.63, 3.8) is 0 Å². The number of hydrogen-bond donors (Lipinski definition) is 1. The van der Waals surface area contributed by atoms with Gasteiger partial charge in [-0.3, -0.25) is 0 Å². The standard InChI is InChI=1S/C12H15BrO3/c1-12(2,3)10-6-9(13)5-4-8(10)7-16-11(14)15/h4-6H,7H2,1-3H3,(H,14,15). The number of hydrogen-bond acceptors (Lipinski definition) is 2. The minimum Gasteiger partial charge on any atom is -0.450 e. The molecule has 0 aromatic heterocycles. The largest absolute Gasteiger partial charge is 0.506 e. The van der Waals surface area contributed by atoms with Gasteiger partial charge in [-0.15, -0.1) is 0 Å². The van der Waals surface area contributed by atoms with Crippen molar-refractivity contribution in [1.29, 1.82) is 0 Å². The third-order valence-corrected chi connectivity index (χ3v) is 2.72.